The van der Waals surface area contributed by atoms with Gasteiger partial charge in [-0.1, -0.05) is 24.3 Å². The predicted molar refractivity (Wildman–Crippen MR) is 68.8 cm³/mol. The van der Waals surface area contributed by atoms with E-state index >= 15 is 0 Å². The summed E-state index contributed by atoms with van der Waals surface area (Å²) in [4.78, 5) is 1.48. The van der Waals surface area contributed by atoms with Gasteiger partial charge in [0.25, 0.3) is 0 Å². The Morgan fingerprint density at radius 2 is 1.67 bits per heavy atom. The molecular formula is C14H14F2N2. The molecule has 0 unspecified atom stereocenters. The Balaban J connectivity index is 2.52. The zero-order chi connectivity index (χ0) is 13.1. The number of halogens is 2. The van der Waals surface area contributed by atoms with Crippen LogP contribution in [0.15, 0.2) is 42.5 Å². The van der Waals surface area contributed by atoms with Gasteiger partial charge in [0.05, 0.1) is 11.4 Å². The maximum absolute atomic E-state index is 13.9. The molecule has 0 saturated heterocycles. The molecule has 2 rings (SSSR count). The standard InChI is InChI=1S/C14H14F2N2/c1-18(13-8-3-2-6-11(13)15)14-10(9-17)5-4-7-12(14)16/h2-8H,9,17H2,1H3. The van der Waals surface area contributed by atoms with Crippen molar-refractivity contribution in [2.45, 2.75) is 6.54 Å². The molecule has 0 radical (unpaired) electrons. The molecule has 0 spiro atoms. The molecule has 0 aliphatic heterocycles. The van der Waals surface area contributed by atoms with Crippen LogP contribution in [0.5, 0.6) is 0 Å². The van der Waals surface area contributed by atoms with Crippen molar-refractivity contribution in [1.82, 2.24) is 0 Å². The molecule has 0 saturated carbocycles. The summed E-state index contributed by atoms with van der Waals surface area (Å²) in [7, 11) is 1.62. The molecular weight excluding hydrogens is 234 g/mol. The smallest absolute Gasteiger partial charge is 0.147 e. The Kier molecular flexibility index (Phi) is 3.58. The summed E-state index contributed by atoms with van der Waals surface area (Å²) in [6, 6.07) is 10.9. The summed E-state index contributed by atoms with van der Waals surface area (Å²) in [5.74, 6) is -0.810. The van der Waals surface area contributed by atoms with Crippen molar-refractivity contribution >= 4 is 11.4 Å². The van der Waals surface area contributed by atoms with Gasteiger partial charge in [-0.3, -0.25) is 0 Å². The van der Waals surface area contributed by atoms with E-state index in [1.807, 2.05) is 0 Å². The normalized spacial score (nSPS) is 10.4. The number of hydrogen-bond acceptors (Lipinski definition) is 2. The number of nitrogens with two attached hydrogens (primary N) is 1. The third-order valence-corrected chi connectivity index (χ3v) is 2.84. The van der Waals surface area contributed by atoms with Crippen molar-refractivity contribution in [3.8, 4) is 0 Å². The summed E-state index contributed by atoms with van der Waals surface area (Å²) in [6.07, 6.45) is 0. The fraction of sp³-hybridized carbons (Fsp3) is 0.143. The molecule has 2 nitrogen and oxygen atoms in total. The van der Waals surface area contributed by atoms with Gasteiger partial charge < -0.3 is 10.6 Å². The van der Waals surface area contributed by atoms with E-state index in [1.54, 1.807) is 37.4 Å². The molecule has 2 N–H and O–H groups in total. The largest absolute Gasteiger partial charge is 0.340 e. The predicted octanol–water partition coefficient (Wildman–Crippen LogP) is 3.19. The molecule has 0 fully saturated rings. The quantitative estimate of drug-likeness (QED) is 0.903. The molecule has 0 amide bonds. The number of nitrogens with zero attached hydrogens (tertiary/aromatic N) is 1. The second kappa shape index (κ2) is 5.14. The lowest BCUT2D eigenvalue weighted by molar-refractivity contribution is 0.616. The molecule has 2 aromatic carbocycles. The lowest BCUT2D eigenvalue weighted by atomic mass is 10.1. The average molecular weight is 248 g/mol. The molecule has 0 bridgehead atoms. The van der Waals surface area contributed by atoms with Crippen molar-refractivity contribution < 1.29 is 8.78 Å². The molecule has 94 valence electrons. The Hall–Kier alpha value is -1.94. The second-order valence-electron chi connectivity index (χ2n) is 3.96. The van der Waals surface area contributed by atoms with E-state index in [4.69, 9.17) is 5.73 Å². The van der Waals surface area contributed by atoms with Crippen LogP contribution in [0.2, 0.25) is 0 Å². The van der Waals surface area contributed by atoms with E-state index in [9.17, 15) is 8.78 Å². The maximum Gasteiger partial charge on any atom is 0.147 e. The molecule has 0 heterocycles. The van der Waals surface area contributed by atoms with Crippen LogP contribution in [0.1, 0.15) is 5.56 Å². The van der Waals surface area contributed by atoms with E-state index in [0.29, 0.717) is 16.9 Å². The first kappa shape index (κ1) is 12.5. The number of rotatable bonds is 3. The maximum atomic E-state index is 13.9. The summed E-state index contributed by atoms with van der Waals surface area (Å²) >= 11 is 0. The van der Waals surface area contributed by atoms with Crippen LogP contribution in [0.4, 0.5) is 20.2 Å². The van der Waals surface area contributed by atoms with E-state index in [-0.39, 0.29) is 6.54 Å². The highest BCUT2D eigenvalue weighted by atomic mass is 19.1. The Bertz CT molecular complexity index is 555. The van der Waals surface area contributed by atoms with Crippen LogP contribution in [0, 0.1) is 11.6 Å². The number of para-hydroxylation sites is 2. The van der Waals surface area contributed by atoms with Gasteiger partial charge in [-0.2, -0.15) is 0 Å². The minimum atomic E-state index is -0.413. The summed E-state index contributed by atoms with van der Waals surface area (Å²) in [5, 5.41) is 0. The molecule has 0 atom stereocenters. The number of anilines is 2. The van der Waals surface area contributed by atoms with E-state index in [0.717, 1.165) is 0 Å². The third kappa shape index (κ3) is 2.19. The Morgan fingerprint density at radius 3 is 2.33 bits per heavy atom. The van der Waals surface area contributed by atoms with E-state index < -0.39 is 11.6 Å². The van der Waals surface area contributed by atoms with Gasteiger partial charge in [0.1, 0.15) is 11.6 Å². The first-order valence-electron chi connectivity index (χ1n) is 5.61. The summed E-state index contributed by atoms with van der Waals surface area (Å²) in [5.41, 5.74) is 6.85. The van der Waals surface area contributed by atoms with Gasteiger partial charge in [-0.15, -0.1) is 0 Å². The molecule has 18 heavy (non-hydrogen) atoms. The molecule has 0 aromatic heterocycles. The minimum absolute atomic E-state index is 0.200. The number of benzene rings is 2. The topological polar surface area (TPSA) is 29.3 Å². The fourth-order valence-corrected chi connectivity index (χ4v) is 1.94. The zero-order valence-corrected chi connectivity index (χ0v) is 10.0. The highest BCUT2D eigenvalue weighted by Crippen LogP contribution is 2.31. The van der Waals surface area contributed by atoms with Gasteiger partial charge in [-0.05, 0) is 23.8 Å². The van der Waals surface area contributed by atoms with Crippen molar-refractivity contribution in [2.24, 2.45) is 5.73 Å². The van der Waals surface area contributed by atoms with Crippen LogP contribution < -0.4 is 10.6 Å². The van der Waals surface area contributed by atoms with Crippen LogP contribution in [-0.2, 0) is 6.54 Å². The first-order chi connectivity index (χ1) is 8.65. The summed E-state index contributed by atoms with van der Waals surface area (Å²) in [6.45, 7) is 0.200. The lowest BCUT2D eigenvalue weighted by Gasteiger charge is -2.23. The summed E-state index contributed by atoms with van der Waals surface area (Å²) < 4.78 is 27.6. The van der Waals surface area contributed by atoms with Gasteiger partial charge in [0.2, 0.25) is 0 Å². The average Bonchev–Trinajstić information content (AvgIpc) is 2.38. The van der Waals surface area contributed by atoms with E-state index in [1.165, 1.54) is 17.0 Å². The van der Waals surface area contributed by atoms with Crippen molar-refractivity contribution in [3.05, 3.63) is 59.7 Å². The Labute approximate surface area is 105 Å². The molecule has 0 aliphatic rings. The van der Waals surface area contributed by atoms with Gasteiger partial charge in [0, 0.05) is 13.6 Å². The SMILES string of the molecule is CN(c1ccccc1F)c1c(F)cccc1CN. The van der Waals surface area contributed by atoms with E-state index in [2.05, 4.69) is 0 Å². The molecule has 2 aromatic rings. The number of hydrogen-bond donors (Lipinski definition) is 1. The van der Waals surface area contributed by atoms with Gasteiger partial charge in [-0.25, -0.2) is 8.78 Å². The fourth-order valence-electron chi connectivity index (χ4n) is 1.94. The lowest BCUT2D eigenvalue weighted by Crippen LogP contribution is -2.16. The zero-order valence-electron chi connectivity index (χ0n) is 10.0. The monoisotopic (exact) mass is 248 g/mol. The minimum Gasteiger partial charge on any atom is -0.340 e. The van der Waals surface area contributed by atoms with Crippen molar-refractivity contribution in [2.75, 3.05) is 11.9 Å². The first-order valence-corrected chi connectivity index (χ1v) is 5.61. The molecule has 0 aliphatic carbocycles. The Morgan fingerprint density at radius 1 is 1.00 bits per heavy atom. The third-order valence-electron chi connectivity index (χ3n) is 2.84. The highest BCUT2D eigenvalue weighted by molar-refractivity contribution is 5.66. The van der Waals surface area contributed by atoms with Crippen molar-refractivity contribution in [1.29, 1.82) is 0 Å². The second-order valence-corrected chi connectivity index (χ2v) is 3.96. The van der Waals surface area contributed by atoms with Crippen LogP contribution in [0.3, 0.4) is 0 Å². The van der Waals surface area contributed by atoms with Crippen LogP contribution >= 0.6 is 0 Å². The highest BCUT2D eigenvalue weighted by Gasteiger charge is 2.15. The van der Waals surface area contributed by atoms with Crippen LogP contribution in [0.25, 0.3) is 0 Å². The van der Waals surface area contributed by atoms with Gasteiger partial charge >= 0.3 is 0 Å². The van der Waals surface area contributed by atoms with Gasteiger partial charge in [0.15, 0.2) is 0 Å². The van der Waals surface area contributed by atoms with Crippen molar-refractivity contribution in [3.63, 3.8) is 0 Å². The van der Waals surface area contributed by atoms with Crippen LogP contribution in [-0.4, -0.2) is 7.05 Å². The molecule has 4 heteroatoms.